The van der Waals surface area contributed by atoms with E-state index in [0.717, 1.165) is 22.5 Å². The molecule has 4 nitrogen and oxygen atoms in total. The molecule has 142 valence electrons. The highest BCUT2D eigenvalue weighted by molar-refractivity contribution is 6.30. The lowest BCUT2D eigenvalue weighted by Crippen LogP contribution is -2.20. The van der Waals surface area contributed by atoms with Gasteiger partial charge in [0.2, 0.25) is 0 Å². The van der Waals surface area contributed by atoms with Crippen LogP contribution in [0.3, 0.4) is 0 Å². The summed E-state index contributed by atoms with van der Waals surface area (Å²) in [5, 5.41) is 3.48. The summed E-state index contributed by atoms with van der Waals surface area (Å²) in [4.78, 5) is 16.5. The van der Waals surface area contributed by atoms with Crippen molar-refractivity contribution in [1.29, 1.82) is 0 Å². The maximum atomic E-state index is 12.1. The van der Waals surface area contributed by atoms with Gasteiger partial charge in [0.15, 0.2) is 6.61 Å². The molecule has 0 atom stereocenters. The minimum Gasteiger partial charge on any atom is -0.484 e. The van der Waals surface area contributed by atoms with Gasteiger partial charge in [-0.15, -0.1) is 0 Å². The highest BCUT2D eigenvalue weighted by atomic mass is 35.5. The molecular weight excluding hydrogens is 372 g/mol. The minimum atomic E-state index is -0.207. The molecule has 3 rings (SSSR count). The zero-order valence-corrected chi connectivity index (χ0v) is 16.5. The van der Waals surface area contributed by atoms with E-state index in [4.69, 9.17) is 16.3 Å². The van der Waals surface area contributed by atoms with Crippen molar-refractivity contribution in [3.63, 3.8) is 0 Å². The number of hydrogen-bond acceptors (Lipinski definition) is 3. The van der Waals surface area contributed by atoms with E-state index in [0.29, 0.717) is 10.8 Å². The number of anilines is 1. The molecule has 0 heterocycles. The Kier molecular flexibility index (Phi) is 6.45. The van der Waals surface area contributed by atoms with Gasteiger partial charge in [-0.25, -0.2) is 0 Å². The standard InChI is InChI=1S/C23H21ClN2O2/c1-16-9-10-21(11-17(16)2)26-23(27)15-28-22-8-3-5-18(12-22)14-25-20-7-4-6-19(24)13-20/h3-14H,15H2,1-2H3,(H,26,27). The number of carbonyl (C=O) groups is 1. The number of rotatable bonds is 6. The monoisotopic (exact) mass is 392 g/mol. The Morgan fingerprint density at radius 1 is 1.04 bits per heavy atom. The number of halogens is 1. The van der Waals surface area contributed by atoms with Crippen LogP contribution in [0.1, 0.15) is 16.7 Å². The molecule has 3 aromatic carbocycles. The Morgan fingerprint density at radius 2 is 1.86 bits per heavy atom. The van der Waals surface area contributed by atoms with E-state index in [9.17, 15) is 4.79 Å². The summed E-state index contributed by atoms with van der Waals surface area (Å²) in [7, 11) is 0. The molecule has 0 radical (unpaired) electrons. The van der Waals surface area contributed by atoms with Crippen molar-refractivity contribution in [2.24, 2.45) is 4.99 Å². The Hall–Kier alpha value is -3.11. The average Bonchev–Trinajstić information content (AvgIpc) is 2.68. The molecule has 0 aliphatic heterocycles. The van der Waals surface area contributed by atoms with Gasteiger partial charge in [-0.1, -0.05) is 35.9 Å². The number of hydrogen-bond donors (Lipinski definition) is 1. The highest BCUT2D eigenvalue weighted by Crippen LogP contribution is 2.19. The summed E-state index contributed by atoms with van der Waals surface area (Å²) in [6.07, 6.45) is 1.73. The summed E-state index contributed by atoms with van der Waals surface area (Å²) in [6, 6.07) is 20.5. The van der Waals surface area contributed by atoms with Crippen molar-refractivity contribution < 1.29 is 9.53 Å². The van der Waals surface area contributed by atoms with Crippen LogP contribution in [-0.2, 0) is 4.79 Å². The molecule has 28 heavy (non-hydrogen) atoms. The summed E-state index contributed by atoms with van der Waals surface area (Å²) in [6.45, 7) is 3.98. The molecule has 0 aliphatic rings. The third-order valence-electron chi connectivity index (χ3n) is 4.19. The predicted molar refractivity (Wildman–Crippen MR) is 115 cm³/mol. The second-order valence-corrected chi connectivity index (χ2v) is 6.88. The maximum Gasteiger partial charge on any atom is 0.262 e. The third kappa shape index (κ3) is 5.69. The molecule has 0 spiro atoms. The number of aliphatic imine (C=N–C) groups is 1. The Balaban J connectivity index is 1.58. The fourth-order valence-electron chi connectivity index (χ4n) is 2.56. The maximum absolute atomic E-state index is 12.1. The Morgan fingerprint density at radius 3 is 2.64 bits per heavy atom. The van der Waals surface area contributed by atoms with E-state index in [1.807, 2.05) is 62.4 Å². The molecule has 0 aliphatic carbocycles. The van der Waals surface area contributed by atoms with E-state index >= 15 is 0 Å². The van der Waals surface area contributed by atoms with Crippen LogP contribution >= 0.6 is 11.6 Å². The fraction of sp³-hybridized carbons (Fsp3) is 0.130. The van der Waals surface area contributed by atoms with Crippen LogP contribution in [-0.4, -0.2) is 18.7 Å². The zero-order chi connectivity index (χ0) is 19.9. The molecule has 0 saturated heterocycles. The van der Waals surface area contributed by atoms with Crippen LogP contribution < -0.4 is 10.1 Å². The fourth-order valence-corrected chi connectivity index (χ4v) is 2.74. The first-order valence-corrected chi connectivity index (χ1v) is 9.27. The highest BCUT2D eigenvalue weighted by Gasteiger charge is 2.05. The van der Waals surface area contributed by atoms with Crippen LogP contribution in [0, 0.1) is 13.8 Å². The molecule has 1 N–H and O–H groups in total. The molecule has 0 aromatic heterocycles. The van der Waals surface area contributed by atoms with Crippen LogP contribution in [0.15, 0.2) is 71.7 Å². The smallest absolute Gasteiger partial charge is 0.262 e. The zero-order valence-electron chi connectivity index (χ0n) is 15.8. The summed E-state index contributed by atoms with van der Waals surface area (Å²) in [5.74, 6) is 0.395. The number of aryl methyl sites for hydroxylation is 2. The second-order valence-electron chi connectivity index (χ2n) is 6.45. The largest absolute Gasteiger partial charge is 0.484 e. The predicted octanol–water partition coefficient (Wildman–Crippen LogP) is 5.72. The molecule has 3 aromatic rings. The van der Waals surface area contributed by atoms with Gasteiger partial charge in [-0.3, -0.25) is 9.79 Å². The lowest BCUT2D eigenvalue weighted by molar-refractivity contribution is -0.118. The molecule has 0 saturated carbocycles. The van der Waals surface area contributed by atoms with Gasteiger partial charge in [-0.05, 0) is 73.0 Å². The summed E-state index contributed by atoms with van der Waals surface area (Å²) in [5.41, 5.74) is 4.72. The van der Waals surface area contributed by atoms with E-state index in [1.165, 1.54) is 5.56 Å². The topological polar surface area (TPSA) is 50.7 Å². The molecule has 1 amide bonds. The van der Waals surface area contributed by atoms with Gasteiger partial charge in [0.1, 0.15) is 5.75 Å². The van der Waals surface area contributed by atoms with Crippen LogP contribution in [0.4, 0.5) is 11.4 Å². The molecule has 0 bridgehead atoms. The first-order chi connectivity index (χ1) is 13.5. The van der Waals surface area contributed by atoms with Crippen molar-refractivity contribution in [1.82, 2.24) is 0 Å². The second kappa shape index (κ2) is 9.20. The van der Waals surface area contributed by atoms with E-state index in [2.05, 4.69) is 10.3 Å². The number of nitrogens with zero attached hydrogens (tertiary/aromatic N) is 1. The van der Waals surface area contributed by atoms with Crippen LogP contribution in [0.5, 0.6) is 5.75 Å². The van der Waals surface area contributed by atoms with E-state index in [-0.39, 0.29) is 12.5 Å². The lowest BCUT2D eigenvalue weighted by atomic mass is 10.1. The average molecular weight is 393 g/mol. The van der Waals surface area contributed by atoms with Crippen LogP contribution in [0.2, 0.25) is 5.02 Å². The summed E-state index contributed by atoms with van der Waals surface area (Å²) >= 11 is 5.97. The minimum absolute atomic E-state index is 0.0676. The molecule has 0 fully saturated rings. The van der Waals surface area contributed by atoms with Crippen LogP contribution in [0.25, 0.3) is 0 Å². The quantitative estimate of drug-likeness (QED) is 0.545. The number of nitrogens with one attached hydrogen (secondary N) is 1. The van der Waals surface area contributed by atoms with Gasteiger partial charge >= 0.3 is 0 Å². The van der Waals surface area contributed by atoms with Gasteiger partial charge in [0.05, 0.1) is 5.69 Å². The van der Waals surface area contributed by atoms with Crippen molar-refractivity contribution in [3.05, 3.63) is 88.4 Å². The van der Waals surface area contributed by atoms with Crippen molar-refractivity contribution in [3.8, 4) is 5.75 Å². The SMILES string of the molecule is Cc1ccc(NC(=O)COc2cccc(C=Nc3cccc(Cl)c3)c2)cc1C. The number of ether oxygens (including phenoxy) is 1. The summed E-state index contributed by atoms with van der Waals surface area (Å²) < 4.78 is 5.61. The first-order valence-electron chi connectivity index (χ1n) is 8.89. The van der Waals surface area contributed by atoms with Crippen molar-refractivity contribution in [2.75, 3.05) is 11.9 Å². The van der Waals surface area contributed by atoms with Crippen molar-refractivity contribution >= 4 is 35.1 Å². The van der Waals surface area contributed by atoms with Gasteiger partial charge in [0, 0.05) is 16.9 Å². The number of carbonyl (C=O) groups excluding carboxylic acids is 1. The van der Waals surface area contributed by atoms with Gasteiger partial charge < -0.3 is 10.1 Å². The van der Waals surface area contributed by atoms with Gasteiger partial charge in [-0.2, -0.15) is 0 Å². The molecular formula is C23H21ClN2O2. The van der Waals surface area contributed by atoms with Gasteiger partial charge in [0.25, 0.3) is 5.91 Å². The Labute approximate surface area is 169 Å². The molecule has 0 unspecified atom stereocenters. The van der Waals surface area contributed by atoms with E-state index in [1.54, 1.807) is 24.4 Å². The van der Waals surface area contributed by atoms with Crippen molar-refractivity contribution in [2.45, 2.75) is 13.8 Å². The molecule has 5 heteroatoms. The lowest BCUT2D eigenvalue weighted by Gasteiger charge is -2.09. The normalized spacial score (nSPS) is 10.8. The third-order valence-corrected chi connectivity index (χ3v) is 4.42. The Bertz CT molecular complexity index is 1010. The number of benzene rings is 3. The number of amides is 1. The first kappa shape index (κ1) is 19.6. The van der Waals surface area contributed by atoms with E-state index < -0.39 is 0 Å².